The lowest BCUT2D eigenvalue weighted by atomic mass is 10.2. The van der Waals surface area contributed by atoms with E-state index >= 15 is 0 Å². The molecule has 1 fully saturated rings. The second-order valence-electron chi connectivity index (χ2n) is 6.47. The number of nitrogens with one attached hydrogen (secondary N) is 1. The van der Waals surface area contributed by atoms with Gasteiger partial charge in [-0.1, -0.05) is 43.2 Å². The standard InChI is InChI=1S/C21H25NO2S/c1-16(25-20-9-5-6-10-20)21(23)22-18-11-13-19(14-12-18)24-15-17-7-3-2-4-8-17/h2-4,7-8,11-14,16,20H,5-6,9-10,15H2,1H3,(H,22,23)/t16-/m0/s1. The minimum absolute atomic E-state index is 0.0166. The highest BCUT2D eigenvalue weighted by atomic mass is 32.2. The van der Waals surface area contributed by atoms with Crippen LogP contribution in [0.25, 0.3) is 0 Å². The molecule has 0 unspecified atom stereocenters. The van der Waals surface area contributed by atoms with Gasteiger partial charge in [0.15, 0.2) is 0 Å². The van der Waals surface area contributed by atoms with Crippen LogP contribution in [0.4, 0.5) is 5.69 Å². The molecule has 2 aromatic carbocycles. The first kappa shape index (κ1) is 17.9. The van der Waals surface area contributed by atoms with E-state index in [1.807, 2.05) is 61.5 Å². The van der Waals surface area contributed by atoms with Crippen LogP contribution in [0, 0.1) is 0 Å². The number of ether oxygens (including phenoxy) is 1. The van der Waals surface area contributed by atoms with E-state index in [1.165, 1.54) is 25.7 Å². The summed E-state index contributed by atoms with van der Waals surface area (Å²) in [5.41, 5.74) is 1.95. The van der Waals surface area contributed by atoms with Crippen molar-refractivity contribution in [2.45, 2.75) is 49.7 Å². The fraction of sp³-hybridized carbons (Fsp3) is 0.381. The number of hydrogen-bond acceptors (Lipinski definition) is 3. The number of anilines is 1. The molecule has 0 saturated heterocycles. The second kappa shape index (κ2) is 8.95. The van der Waals surface area contributed by atoms with E-state index in [0.29, 0.717) is 11.9 Å². The Morgan fingerprint density at radius 2 is 1.80 bits per heavy atom. The topological polar surface area (TPSA) is 38.3 Å². The maximum absolute atomic E-state index is 12.3. The Morgan fingerprint density at radius 1 is 1.12 bits per heavy atom. The van der Waals surface area contributed by atoms with Crippen LogP contribution in [0.1, 0.15) is 38.2 Å². The summed E-state index contributed by atoms with van der Waals surface area (Å²) >= 11 is 1.81. The van der Waals surface area contributed by atoms with Crippen molar-refractivity contribution < 1.29 is 9.53 Å². The Labute approximate surface area is 154 Å². The fourth-order valence-corrected chi connectivity index (χ4v) is 4.36. The molecule has 1 aliphatic rings. The summed E-state index contributed by atoms with van der Waals surface area (Å²) in [7, 11) is 0. The molecular formula is C21H25NO2S. The normalized spacial score (nSPS) is 15.7. The van der Waals surface area contributed by atoms with Crippen LogP contribution in [-0.4, -0.2) is 16.4 Å². The number of carbonyl (C=O) groups is 1. The van der Waals surface area contributed by atoms with Crippen LogP contribution < -0.4 is 10.1 Å². The van der Waals surface area contributed by atoms with Gasteiger partial charge in [-0.05, 0) is 49.6 Å². The molecule has 0 bridgehead atoms. The van der Waals surface area contributed by atoms with E-state index in [1.54, 1.807) is 11.8 Å². The Balaban J connectivity index is 1.47. The lowest BCUT2D eigenvalue weighted by molar-refractivity contribution is -0.115. The summed E-state index contributed by atoms with van der Waals surface area (Å²) in [6, 6.07) is 17.7. The van der Waals surface area contributed by atoms with Gasteiger partial charge in [0.1, 0.15) is 12.4 Å². The van der Waals surface area contributed by atoms with Gasteiger partial charge in [-0.25, -0.2) is 0 Å². The third-order valence-corrected chi connectivity index (χ3v) is 5.92. The van der Waals surface area contributed by atoms with Gasteiger partial charge in [0.25, 0.3) is 0 Å². The zero-order valence-corrected chi connectivity index (χ0v) is 15.4. The van der Waals surface area contributed by atoms with Crippen molar-refractivity contribution in [3.63, 3.8) is 0 Å². The predicted molar refractivity (Wildman–Crippen MR) is 105 cm³/mol. The van der Waals surface area contributed by atoms with Crippen molar-refractivity contribution in [1.29, 1.82) is 0 Å². The average Bonchev–Trinajstić information content (AvgIpc) is 3.15. The van der Waals surface area contributed by atoms with Crippen molar-refractivity contribution >= 4 is 23.4 Å². The van der Waals surface area contributed by atoms with E-state index in [2.05, 4.69) is 5.32 Å². The predicted octanol–water partition coefficient (Wildman–Crippen LogP) is 5.27. The minimum atomic E-state index is -0.0166. The molecule has 0 radical (unpaired) electrons. The number of hydrogen-bond donors (Lipinski definition) is 1. The van der Waals surface area contributed by atoms with Gasteiger partial charge in [-0.3, -0.25) is 4.79 Å². The van der Waals surface area contributed by atoms with Gasteiger partial charge in [0.05, 0.1) is 5.25 Å². The van der Waals surface area contributed by atoms with Crippen LogP contribution in [0.5, 0.6) is 5.75 Å². The van der Waals surface area contributed by atoms with Crippen LogP contribution in [0.2, 0.25) is 0 Å². The van der Waals surface area contributed by atoms with Crippen LogP contribution in [0.15, 0.2) is 54.6 Å². The van der Waals surface area contributed by atoms with Crippen molar-refractivity contribution in [3.8, 4) is 5.75 Å². The van der Waals surface area contributed by atoms with Crippen LogP contribution in [0.3, 0.4) is 0 Å². The molecule has 0 heterocycles. The zero-order chi connectivity index (χ0) is 17.5. The van der Waals surface area contributed by atoms with E-state index in [0.717, 1.165) is 17.0 Å². The summed E-state index contributed by atoms with van der Waals surface area (Å²) < 4.78 is 5.77. The van der Waals surface area contributed by atoms with Crippen LogP contribution in [-0.2, 0) is 11.4 Å². The smallest absolute Gasteiger partial charge is 0.237 e. The van der Waals surface area contributed by atoms with Gasteiger partial charge < -0.3 is 10.1 Å². The van der Waals surface area contributed by atoms with Gasteiger partial charge in [-0.2, -0.15) is 0 Å². The molecule has 0 aromatic heterocycles. The highest BCUT2D eigenvalue weighted by molar-refractivity contribution is 8.01. The molecular weight excluding hydrogens is 330 g/mol. The highest BCUT2D eigenvalue weighted by Crippen LogP contribution is 2.32. The van der Waals surface area contributed by atoms with Crippen molar-refractivity contribution in [3.05, 3.63) is 60.2 Å². The summed E-state index contributed by atoms with van der Waals surface area (Å²) in [5, 5.41) is 3.63. The van der Waals surface area contributed by atoms with Gasteiger partial charge in [0, 0.05) is 10.9 Å². The minimum Gasteiger partial charge on any atom is -0.489 e. The molecule has 1 atom stereocenters. The zero-order valence-electron chi connectivity index (χ0n) is 14.6. The van der Waals surface area contributed by atoms with E-state index in [-0.39, 0.29) is 11.2 Å². The first-order valence-electron chi connectivity index (χ1n) is 8.94. The van der Waals surface area contributed by atoms with Gasteiger partial charge >= 0.3 is 0 Å². The third kappa shape index (κ3) is 5.53. The fourth-order valence-electron chi connectivity index (χ4n) is 2.99. The molecule has 1 saturated carbocycles. The molecule has 4 heteroatoms. The molecule has 1 N–H and O–H groups in total. The molecule has 3 rings (SSSR count). The molecule has 0 spiro atoms. The maximum atomic E-state index is 12.3. The quantitative estimate of drug-likeness (QED) is 0.735. The Hall–Kier alpha value is -1.94. The Bertz CT molecular complexity index is 666. The van der Waals surface area contributed by atoms with Gasteiger partial charge in [-0.15, -0.1) is 11.8 Å². The summed E-state index contributed by atoms with van der Waals surface area (Å²) in [4.78, 5) is 12.3. The lowest BCUT2D eigenvalue weighted by Gasteiger charge is -2.16. The first-order valence-corrected chi connectivity index (χ1v) is 9.88. The monoisotopic (exact) mass is 355 g/mol. The third-order valence-electron chi connectivity index (χ3n) is 4.44. The second-order valence-corrected chi connectivity index (χ2v) is 8.12. The maximum Gasteiger partial charge on any atom is 0.237 e. The number of amides is 1. The Morgan fingerprint density at radius 3 is 2.48 bits per heavy atom. The molecule has 1 aliphatic carbocycles. The molecule has 1 amide bonds. The van der Waals surface area contributed by atoms with Crippen molar-refractivity contribution in [1.82, 2.24) is 0 Å². The first-order chi connectivity index (χ1) is 12.2. The van der Waals surface area contributed by atoms with Crippen molar-refractivity contribution in [2.75, 3.05) is 5.32 Å². The molecule has 2 aromatic rings. The largest absolute Gasteiger partial charge is 0.489 e. The molecule has 0 aliphatic heterocycles. The highest BCUT2D eigenvalue weighted by Gasteiger charge is 2.22. The van der Waals surface area contributed by atoms with Gasteiger partial charge in [0.2, 0.25) is 5.91 Å². The van der Waals surface area contributed by atoms with Crippen LogP contribution >= 0.6 is 11.8 Å². The SMILES string of the molecule is C[C@H](SC1CCCC1)C(=O)Nc1ccc(OCc2ccccc2)cc1. The number of carbonyl (C=O) groups excluding carboxylic acids is 1. The van der Waals surface area contributed by atoms with Crippen molar-refractivity contribution in [2.24, 2.45) is 0 Å². The lowest BCUT2D eigenvalue weighted by Crippen LogP contribution is -2.24. The average molecular weight is 356 g/mol. The summed E-state index contributed by atoms with van der Waals surface area (Å²) in [6.45, 7) is 2.54. The van der Waals surface area contributed by atoms with E-state index in [4.69, 9.17) is 4.74 Å². The molecule has 25 heavy (non-hydrogen) atoms. The number of rotatable bonds is 7. The summed E-state index contributed by atoms with van der Waals surface area (Å²) in [5.74, 6) is 0.880. The Kier molecular flexibility index (Phi) is 6.40. The molecule has 3 nitrogen and oxygen atoms in total. The molecule has 132 valence electrons. The summed E-state index contributed by atoms with van der Waals surface area (Å²) in [6.07, 6.45) is 5.10. The number of thioether (sulfide) groups is 1. The van der Waals surface area contributed by atoms with E-state index < -0.39 is 0 Å². The van der Waals surface area contributed by atoms with E-state index in [9.17, 15) is 4.79 Å². The number of benzene rings is 2.